The van der Waals surface area contributed by atoms with Gasteiger partial charge in [-0.05, 0) is 53.3 Å². The highest BCUT2D eigenvalue weighted by Gasteiger charge is 2.58. The SMILES string of the molecule is CC(=O)OC=CC1O[C@H](COCc2ccccc2)[C@@H](OCc2ccccc2)[C@@]1(C)OCc1ccccc1.C[C@@]1(OCc2ccccc2)C(C(Br)C=O)O[C@H](COCc2ccccc2)[C@H]1OCc1ccccc1. The summed E-state index contributed by atoms with van der Waals surface area (Å²) in [5.41, 5.74) is 4.58. The highest BCUT2D eigenvalue weighted by atomic mass is 79.9. The number of alkyl halides is 1. The maximum absolute atomic E-state index is 11.8. The van der Waals surface area contributed by atoms with Crippen molar-refractivity contribution in [3.05, 3.63) is 228 Å². The Kier molecular flexibility index (Phi) is 21.0. The number of benzene rings is 6. The molecule has 0 saturated carbocycles. The molecule has 2 aliphatic rings. The second-order valence-corrected chi connectivity index (χ2v) is 19.1. The molecule has 2 fully saturated rings. The van der Waals surface area contributed by atoms with Gasteiger partial charge in [0.15, 0.2) is 0 Å². The minimum Gasteiger partial charge on any atom is -0.435 e. The highest BCUT2D eigenvalue weighted by Crippen LogP contribution is 2.42. The maximum Gasteiger partial charge on any atom is 0.307 e. The van der Waals surface area contributed by atoms with E-state index in [0.29, 0.717) is 52.9 Å². The molecule has 0 N–H and O–H groups in total. The van der Waals surface area contributed by atoms with Crippen molar-refractivity contribution in [2.24, 2.45) is 0 Å². The molecule has 0 spiro atoms. The minimum absolute atomic E-state index is 0.313. The lowest BCUT2D eigenvalue weighted by Gasteiger charge is -2.36. The summed E-state index contributed by atoms with van der Waals surface area (Å²) in [6.45, 7) is 8.40. The largest absolute Gasteiger partial charge is 0.435 e. The molecule has 0 bridgehead atoms. The van der Waals surface area contributed by atoms with Crippen LogP contribution in [0.25, 0.3) is 0 Å². The van der Waals surface area contributed by atoms with Crippen molar-refractivity contribution >= 4 is 28.2 Å². The van der Waals surface area contributed by atoms with Crippen LogP contribution < -0.4 is 0 Å². The average molecular weight is 1040 g/mol. The van der Waals surface area contributed by atoms with E-state index in [1.54, 1.807) is 6.08 Å². The molecule has 0 aliphatic carbocycles. The molecule has 11 nitrogen and oxygen atoms in total. The molecule has 0 radical (unpaired) electrons. The average Bonchev–Trinajstić information content (AvgIpc) is 3.85. The van der Waals surface area contributed by atoms with E-state index in [0.717, 1.165) is 39.7 Å². The smallest absolute Gasteiger partial charge is 0.307 e. The Morgan fingerprint density at radius 3 is 1.26 bits per heavy atom. The Hall–Kier alpha value is -5.64. The lowest BCUT2D eigenvalue weighted by molar-refractivity contribution is -0.147. The maximum atomic E-state index is 11.8. The number of hydrogen-bond donors (Lipinski definition) is 0. The second kappa shape index (κ2) is 28.0. The van der Waals surface area contributed by atoms with Gasteiger partial charge < -0.3 is 47.4 Å². The Morgan fingerprint density at radius 1 is 0.528 bits per heavy atom. The molecule has 0 amide bonds. The van der Waals surface area contributed by atoms with Crippen molar-refractivity contribution in [1.82, 2.24) is 0 Å². The molecule has 378 valence electrons. The third kappa shape index (κ3) is 15.7. The zero-order valence-electron chi connectivity index (χ0n) is 41.1. The summed E-state index contributed by atoms with van der Waals surface area (Å²) in [6.07, 6.45) is 1.13. The van der Waals surface area contributed by atoms with Crippen molar-refractivity contribution in [2.75, 3.05) is 13.2 Å². The molecule has 12 heteroatoms. The number of aldehydes is 1. The van der Waals surface area contributed by atoms with E-state index < -0.39 is 58.6 Å². The van der Waals surface area contributed by atoms with Crippen LogP contribution in [0.2, 0.25) is 0 Å². The van der Waals surface area contributed by atoms with E-state index in [4.69, 9.17) is 42.6 Å². The third-order valence-corrected chi connectivity index (χ3v) is 13.3. The topological polar surface area (TPSA) is 117 Å². The van der Waals surface area contributed by atoms with Gasteiger partial charge in [-0.25, -0.2) is 0 Å². The van der Waals surface area contributed by atoms with E-state index in [1.165, 1.54) is 13.2 Å². The molecule has 9 atom stereocenters. The molecule has 3 unspecified atom stereocenters. The highest BCUT2D eigenvalue weighted by molar-refractivity contribution is 9.10. The van der Waals surface area contributed by atoms with Gasteiger partial charge in [0.1, 0.15) is 54.1 Å². The summed E-state index contributed by atoms with van der Waals surface area (Å²) >= 11 is 3.49. The molecule has 2 aliphatic heterocycles. The van der Waals surface area contributed by atoms with E-state index in [-0.39, 0.29) is 0 Å². The van der Waals surface area contributed by atoms with Crippen LogP contribution >= 0.6 is 15.9 Å². The van der Waals surface area contributed by atoms with Crippen LogP contribution in [0.5, 0.6) is 0 Å². The van der Waals surface area contributed by atoms with Gasteiger partial charge in [-0.1, -0.05) is 198 Å². The van der Waals surface area contributed by atoms with Gasteiger partial charge >= 0.3 is 5.97 Å². The van der Waals surface area contributed by atoms with Crippen molar-refractivity contribution in [2.45, 2.75) is 113 Å². The molecule has 8 rings (SSSR count). The van der Waals surface area contributed by atoms with Crippen molar-refractivity contribution in [1.29, 1.82) is 0 Å². The zero-order chi connectivity index (χ0) is 50.4. The quantitative estimate of drug-likeness (QED) is 0.0250. The number of halogens is 1. The standard InChI is InChI=1S/C31H34O6.C29H31BrO5/c1-24(32)34-19-18-29-31(2,36-22-27-16-10-5-11-17-27)30(35-21-26-14-8-4-9-15-26)28(37-29)23-33-20-25-12-6-3-7-13-25;1-29(34-20-24-15-9-4-10-16-24)27(25(30)17-31)35-26(21-32-18-22-11-5-2-6-12-22)28(29)33-19-23-13-7-3-8-14-23/h3-19,28-30H,20-23H2,1-2H3;2-17,25-28H,18-21H2,1H3/t28-,29?,30-,31+;25?,26-,27?,28-,29-/m11/s1. The Balaban J connectivity index is 0.000000212. The fourth-order valence-electron chi connectivity index (χ4n) is 8.77. The van der Waals surface area contributed by atoms with Gasteiger partial charge in [0.2, 0.25) is 0 Å². The van der Waals surface area contributed by atoms with Gasteiger partial charge in [0.25, 0.3) is 0 Å². The predicted octanol–water partition coefficient (Wildman–Crippen LogP) is 11.1. The van der Waals surface area contributed by atoms with E-state index >= 15 is 0 Å². The van der Waals surface area contributed by atoms with Crippen LogP contribution in [0.1, 0.15) is 54.2 Å². The third-order valence-electron chi connectivity index (χ3n) is 12.6. The normalized spacial score (nSPS) is 24.1. The minimum atomic E-state index is -0.888. The molecule has 72 heavy (non-hydrogen) atoms. The Labute approximate surface area is 432 Å². The van der Waals surface area contributed by atoms with E-state index in [9.17, 15) is 9.59 Å². The summed E-state index contributed by atoms with van der Waals surface area (Å²) in [7, 11) is 0. The van der Waals surface area contributed by atoms with Gasteiger partial charge in [-0.15, -0.1) is 0 Å². The van der Waals surface area contributed by atoms with Crippen LogP contribution in [0, 0.1) is 0 Å². The fraction of sp³-hybridized carbons (Fsp3) is 0.333. The van der Waals surface area contributed by atoms with Gasteiger partial charge in [0, 0.05) is 6.92 Å². The van der Waals surface area contributed by atoms with Crippen molar-refractivity contribution in [3.63, 3.8) is 0 Å². The van der Waals surface area contributed by atoms with Crippen molar-refractivity contribution in [3.8, 4) is 0 Å². The molecule has 2 saturated heterocycles. The zero-order valence-corrected chi connectivity index (χ0v) is 42.7. The van der Waals surface area contributed by atoms with Crippen LogP contribution in [0.4, 0.5) is 0 Å². The molecule has 6 aromatic carbocycles. The van der Waals surface area contributed by atoms with E-state index in [2.05, 4.69) is 15.9 Å². The summed E-state index contributed by atoms with van der Waals surface area (Å²) in [6, 6.07) is 59.9. The van der Waals surface area contributed by atoms with Crippen LogP contribution in [-0.4, -0.2) is 78.1 Å². The first-order valence-electron chi connectivity index (χ1n) is 24.3. The van der Waals surface area contributed by atoms with Gasteiger partial charge in [-0.3, -0.25) is 4.79 Å². The van der Waals surface area contributed by atoms with E-state index in [1.807, 2.05) is 196 Å². The number of hydrogen-bond acceptors (Lipinski definition) is 11. The summed E-state index contributed by atoms with van der Waals surface area (Å²) in [4.78, 5) is 22.6. The molecular weight excluding hydrogens is 977 g/mol. The predicted molar refractivity (Wildman–Crippen MR) is 279 cm³/mol. The van der Waals surface area contributed by atoms with Gasteiger partial charge in [0.05, 0.1) is 63.9 Å². The lowest BCUT2D eigenvalue weighted by atomic mass is 9.90. The summed E-state index contributed by atoms with van der Waals surface area (Å²) in [5.74, 6) is -0.402. The van der Waals surface area contributed by atoms with Crippen molar-refractivity contribution < 1.29 is 52.2 Å². The molecular formula is C60H65BrO11. The Bertz CT molecular complexity index is 2500. The monoisotopic (exact) mass is 1040 g/mol. The molecule has 0 aromatic heterocycles. The molecule has 2 heterocycles. The first kappa shape index (κ1) is 54.1. The Morgan fingerprint density at radius 2 is 0.875 bits per heavy atom. The summed E-state index contributed by atoms with van der Waals surface area (Å²) in [5, 5.41) is 0. The van der Waals surface area contributed by atoms with Crippen LogP contribution in [0.3, 0.4) is 0 Å². The number of rotatable bonds is 24. The van der Waals surface area contributed by atoms with Crippen LogP contribution in [0.15, 0.2) is 194 Å². The number of carbonyl (C=O) groups is 2. The van der Waals surface area contributed by atoms with Crippen LogP contribution in [-0.2, 0) is 91.9 Å². The first-order chi connectivity index (χ1) is 35.1. The number of esters is 1. The molecule has 6 aromatic rings. The lowest BCUT2D eigenvalue weighted by Crippen LogP contribution is -2.52. The first-order valence-corrected chi connectivity index (χ1v) is 25.2. The second-order valence-electron chi connectivity index (χ2n) is 18.1. The number of ether oxygens (including phenoxy) is 9. The fourth-order valence-corrected chi connectivity index (χ4v) is 9.41. The summed E-state index contributed by atoms with van der Waals surface area (Å²) < 4.78 is 56.0. The van der Waals surface area contributed by atoms with Gasteiger partial charge in [-0.2, -0.15) is 0 Å². The number of carbonyl (C=O) groups excluding carboxylic acids is 2.